The highest BCUT2D eigenvalue weighted by Gasteiger charge is 2.07. The molecule has 0 saturated carbocycles. The highest BCUT2D eigenvalue weighted by Crippen LogP contribution is 2.31. The van der Waals surface area contributed by atoms with Gasteiger partial charge in [-0.1, -0.05) is 60.1 Å². The van der Waals surface area contributed by atoms with E-state index in [9.17, 15) is 4.79 Å². The number of rotatable bonds is 8. The average Bonchev–Trinajstić information content (AvgIpc) is 2.72. The number of carboxylic acid groups (broad SMARTS) is 1. The van der Waals surface area contributed by atoms with Gasteiger partial charge in [-0.05, 0) is 69.6 Å². The Labute approximate surface area is 192 Å². The zero-order valence-electron chi connectivity index (χ0n) is 15.3. The monoisotopic (exact) mass is 536 g/mol. The Morgan fingerprint density at radius 1 is 1.03 bits per heavy atom. The van der Waals surface area contributed by atoms with E-state index in [1.807, 2.05) is 24.3 Å². The van der Waals surface area contributed by atoms with Gasteiger partial charge in [0.05, 0.1) is 5.02 Å². The summed E-state index contributed by atoms with van der Waals surface area (Å²) in [4.78, 5) is 11.6. The molecule has 29 heavy (non-hydrogen) atoms. The van der Waals surface area contributed by atoms with E-state index in [2.05, 4.69) is 65.1 Å². The quantitative estimate of drug-likeness (QED) is 0.259. The highest BCUT2D eigenvalue weighted by atomic mass is 127. The summed E-state index contributed by atoms with van der Waals surface area (Å²) >= 11 is 10.2. The summed E-state index contributed by atoms with van der Waals surface area (Å²) in [5.74, 6) is 0.105. The van der Waals surface area contributed by atoms with Gasteiger partial charge in [-0.25, -0.2) is 4.79 Å². The Balaban J connectivity index is 1.75. The first-order chi connectivity index (χ1) is 14.0. The molecule has 148 valence electrons. The van der Waals surface area contributed by atoms with Crippen molar-refractivity contribution in [2.24, 2.45) is 0 Å². The third kappa shape index (κ3) is 6.52. The average molecular weight is 537 g/mol. The van der Waals surface area contributed by atoms with Gasteiger partial charge in [0.25, 0.3) is 0 Å². The molecule has 1 N–H and O–H groups in total. The van der Waals surface area contributed by atoms with Crippen molar-refractivity contribution in [1.82, 2.24) is 0 Å². The van der Waals surface area contributed by atoms with Crippen LogP contribution in [0.2, 0.25) is 5.02 Å². The Bertz CT molecular complexity index is 1000. The summed E-state index contributed by atoms with van der Waals surface area (Å²) in [6.07, 6.45) is 2.21. The summed E-state index contributed by atoms with van der Waals surface area (Å²) in [7, 11) is 0. The summed E-state index contributed by atoms with van der Waals surface area (Å²) in [5.41, 5.74) is 3.53. The SMILES string of the molecule is O=C(O)COc1ccc(SC/C=C(/c2ccccc2)c2ccc(I)cc2)cc1Cl. The molecule has 0 spiro atoms. The normalized spacial score (nSPS) is 11.3. The molecular weight excluding hydrogens is 519 g/mol. The molecule has 0 aliphatic rings. The summed E-state index contributed by atoms with van der Waals surface area (Å²) in [6.45, 7) is -0.411. The Morgan fingerprint density at radius 3 is 2.38 bits per heavy atom. The molecule has 0 saturated heterocycles. The lowest BCUT2D eigenvalue weighted by Crippen LogP contribution is -2.09. The minimum atomic E-state index is -1.03. The van der Waals surface area contributed by atoms with Gasteiger partial charge in [-0.3, -0.25) is 0 Å². The van der Waals surface area contributed by atoms with Crippen LogP contribution >= 0.6 is 46.0 Å². The third-order valence-electron chi connectivity index (χ3n) is 4.03. The molecule has 0 bridgehead atoms. The minimum absolute atomic E-state index is 0.373. The number of aliphatic carboxylic acids is 1. The number of ether oxygens (including phenoxy) is 1. The number of hydrogen-bond acceptors (Lipinski definition) is 3. The van der Waals surface area contributed by atoms with Crippen LogP contribution in [0.15, 0.2) is 83.8 Å². The molecule has 0 aliphatic carbocycles. The number of carbonyl (C=O) groups is 1. The van der Waals surface area contributed by atoms with Crippen LogP contribution in [-0.2, 0) is 4.79 Å². The standard InChI is InChI=1S/C23H18ClIO3S/c24-21-14-19(10-11-22(21)28-15-23(26)27)29-13-12-20(16-4-2-1-3-5-16)17-6-8-18(25)9-7-17/h1-12,14H,13,15H2,(H,26,27)/b20-12-. The summed E-state index contributed by atoms with van der Waals surface area (Å²) in [6, 6.07) is 24.2. The number of hydrogen-bond donors (Lipinski definition) is 1. The van der Waals surface area contributed by atoms with Gasteiger partial charge in [-0.2, -0.15) is 0 Å². The summed E-state index contributed by atoms with van der Waals surface area (Å²) in [5, 5.41) is 9.12. The fraction of sp³-hybridized carbons (Fsp3) is 0.0870. The van der Waals surface area contributed by atoms with Crippen molar-refractivity contribution in [3.63, 3.8) is 0 Å². The number of benzene rings is 3. The molecule has 0 aliphatic heterocycles. The second-order valence-electron chi connectivity index (χ2n) is 6.08. The lowest BCUT2D eigenvalue weighted by molar-refractivity contribution is -0.139. The third-order valence-corrected chi connectivity index (χ3v) is 5.97. The maximum absolute atomic E-state index is 10.6. The zero-order chi connectivity index (χ0) is 20.6. The van der Waals surface area contributed by atoms with E-state index in [0.29, 0.717) is 10.8 Å². The molecular formula is C23H18ClIO3S. The van der Waals surface area contributed by atoms with Crippen LogP contribution in [0.25, 0.3) is 5.57 Å². The van der Waals surface area contributed by atoms with Crippen molar-refractivity contribution < 1.29 is 14.6 Å². The second kappa shape index (κ2) is 10.7. The molecule has 3 aromatic rings. The molecule has 0 atom stereocenters. The molecule has 0 unspecified atom stereocenters. The molecule has 0 fully saturated rings. The van der Waals surface area contributed by atoms with E-state index in [0.717, 1.165) is 10.6 Å². The van der Waals surface area contributed by atoms with Gasteiger partial charge >= 0.3 is 5.97 Å². The van der Waals surface area contributed by atoms with Crippen LogP contribution in [0.1, 0.15) is 11.1 Å². The maximum atomic E-state index is 10.6. The molecule has 0 radical (unpaired) electrons. The lowest BCUT2D eigenvalue weighted by Gasteiger charge is -2.10. The molecule has 3 nitrogen and oxygen atoms in total. The Hall–Kier alpha value is -1.96. The van der Waals surface area contributed by atoms with Crippen LogP contribution in [0.5, 0.6) is 5.75 Å². The van der Waals surface area contributed by atoms with Crippen LogP contribution in [0.4, 0.5) is 0 Å². The number of halogens is 2. The largest absolute Gasteiger partial charge is 0.480 e. The fourth-order valence-electron chi connectivity index (χ4n) is 2.70. The van der Waals surface area contributed by atoms with E-state index in [-0.39, 0.29) is 0 Å². The maximum Gasteiger partial charge on any atom is 0.341 e. The summed E-state index contributed by atoms with van der Waals surface area (Å²) < 4.78 is 6.37. The van der Waals surface area contributed by atoms with Crippen molar-refractivity contribution in [3.8, 4) is 5.75 Å². The zero-order valence-corrected chi connectivity index (χ0v) is 19.1. The minimum Gasteiger partial charge on any atom is -0.480 e. The van der Waals surface area contributed by atoms with Gasteiger partial charge < -0.3 is 9.84 Å². The van der Waals surface area contributed by atoms with E-state index < -0.39 is 12.6 Å². The highest BCUT2D eigenvalue weighted by molar-refractivity contribution is 14.1. The van der Waals surface area contributed by atoms with Gasteiger partial charge in [0, 0.05) is 14.2 Å². The van der Waals surface area contributed by atoms with Crippen molar-refractivity contribution in [2.75, 3.05) is 12.4 Å². The number of carboxylic acids is 1. The first kappa shape index (κ1) is 21.7. The van der Waals surface area contributed by atoms with Gasteiger partial charge in [0.1, 0.15) is 5.75 Å². The second-order valence-corrected chi connectivity index (χ2v) is 8.82. The van der Waals surface area contributed by atoms with Gasteiger partial charge in [-0.15, -0.1) is 11.8 Å². The molecule has 3 rings (SSSR count). The molecule has 0 heterocycles. The Kier molecular flexibility index (Phi) is 8.03. The van der Waals surface area contributed by atoms with Crippen molar-refractivity contribution in [1.29, 1.82) is 0 Å². The van der Waals surface area contributed by atoms with E-state index in [1.165, 1.54) is 20.3 Å². The van der Waals surface area contributed by atoms with Crippen LogP contribution < -0.4 is 4.74 Å². The van der Waals surface area contributed by atoms with E-state index in [4.69, 9.17) is 21.4 Å². The van der Waals surface area contributed by atoms with Crippen LogP contribution in [0, 0.1) is 3.57 Å². The molecule has 0 amide bonds. The topological polar surface area (TPSA) is 46.5 Å². The molecule has 3 aromatic carbocycles. The van der Waals surface area contributed by atoms with E-state index >= 15 is 0 Å². The van der Waals surface area contributed by atoms with Gasteiger partial charge in [0.15, 0.2) is 6.61 Å². The van der Waals surface area contributed by atoms with Crippen molar-refractivity contribution >= 4 is 57.5 Å². The predicted molar refractivity (Wildman–Crippen MR) is 128 cm³/mol. The van der Waals surface area contributed by atoms with Crippen LogP contribution in [-0.4, -0.2) is 23.4 Å². The predicted octanol–water partition coefficient (Wildman–Crippen LogP) is 6.63. The van der Waals surface area contributed by atoms with Crippen molar-refractivity contribution in [2.45, 2.75) is 4.90 Å². The van der Waals surface area contributed by atoms with E-state index in [1.54, 1.807) is 23.9 Å². The molecule has 6 heteroatoms. The lowest BCUT2D eigenvalue weighted by atomic mass is 9.98. The first-order valence-electron chi connectivity index (χ1n) is 8.81. The molecule has 0 aromatic heterocycles. The van der Waals surface area contributed by atoms with Gasteiger partial charge in [0.2, 0.25) is 0 Å². The Morgan fingerprint density at radius 2 is 1.72 bits per heavy atom. The van der Waals surface area contributed by atoms with Crippen molar-refractivity contribution in [3.05, 3.63) is 98.6 Å². The number of thioether (sulfide) groups is 1. The van der Waals surface area contributed by atoms with Crippen LogP contribution in [0.3, 0.4) is 0 Å². The first-order valence-corrected chi connectivity index (χ1v) is 11.3. The fourth-order valence-corrected chi connectivity index (χ4v) is 4.17. The smallest absolute Gasteiger partial charge is 0.341 e.